The van der Waals surface area contributed by atoms with Crippen LogP contribution in [0.1, 0.15) is 33.5 Å². The van der Waals surface area contributed by atoms with Gasteiger partial charge in [-0.05, 0) is 38.1 Å². The molecular formula is C18H18N4O. The fourth-order valence-electron chi connectivity index (χ4n) is 3.10. The number of aromatic nitrogens is 3. The summed E-state index contributed by atoms with van der Waals surface area (Å²) in [5.41, 5.74) is 3.73. The first-order valence-electron chi connectivity index (χ1n) is 7.78. The van der Waals surface area contributed by atoms with Gasteiger partial charge in [0.25, 0.3) is 5.91 Å². The average Bonchev–Trinajstić information content (AvgIpc) is 2.88. The van der Waals surface area contributed by atoms with Crippen molar-refractivity contribution in [2.45, 2.75) is 19.8 Å². The number of fused-ring (bicyclic) bond motifs is 1. The Morgan fingerprint density at radius 1 is 1.13 bits per heavy atom. The second-order valence-electron chi connectivity index (χ2n) is 6.18. The molecule has 3 aromatic heterocycles. The Bertz CT molecular complexity index is 840. The van der Waals surface area contributed by atoms with E-state index in [1.54, 1.807) is 0 Å². The van der Waals surface area contributed by atoms with E-state index in [4.69, 9.17) is 0 Å². The minimum Gasteiger partial charge on any atom is -0.337 e. The SMILES string of the molecule is Cc1cc(C)nc(C2CN(C(=O)c3cc4ccccn4c3)C2)n1. The number of nitrogens with zero attached hydrogens (tertiary/aromatic N) is 4. The van der Waals surface area contributed by atoms with Gasteiger partial charge in [0.2, 0.25) is 0 Å². The second-order valence-corrected chi connectivity index (χ2v) is 6.18. The van der Waals surface area contributed by atoms with Crippen molar-refractivity contribution >= 4 is 11.4 Å². The Kier molecular flexibility index (Phi) is 3.15. The molecule has 0 spiro atoms. The van der Waals surface area contributed by atoms with Gasteiger partial charge in [-0.3, -0.25) is 4.79 Å². The Labute approximate surface area is 134 Å². The molecule has 0 N–H and O–H groups in total. The van der Waals surface area contributed by atoms with E-state index in [2.05, 4.69) is 9.97 Å². The third-order valence-corrected chi connectivity index (χ3v) is 4.28. The third kappa shape index (κ3) is 2.48. The van der Waals surface area contributed by atoms with Gasteiger partial charge in [0, 0.05) is 42.4 Å². The molecule has 23 heavy (non-hydrogen) atoms. The lowest BCUT2D eigenvalue weighted by atomic mass is 9.98. The first-order chi connectivity index (χ1) is 11.1. The fraction of sp³-hybridized carbons (Fsp3) is 0.278. The van der Waals surface area contributed by atoms with Crippen molar-refractivity contribution in [1.82, 2.24) is 19.3 Å². The maximum absolute atomic E-state index is 12.6. The largest absolute Gasteiger partial charge is 0.337 e. The zero-order chi connectivity index (χ0) is 16.0. The summed E-state index contributed by atoms with van der Waals surface area (Å²) in [4.78, 5) is 23.4. The molecule has 4 heterocycles. The van der Waals surface area contributed by atoms with Gasteiger partial charge in [-0.1, -0.05) is 6.07 Å². The number of hydrogen-bond acceptors (Lipinski definition) is 3. The van der Waals surface area contributed by atoms with E-state index in [1.807, 2.05) is 65.9 Å². The number of hydrogen-bond donors (Lipinski definition) is 0. The summed E-state index contributed by atoms with van der Waals surface area (Å²) in [6, 6.07) is 9.83. The lowest BCUT2D eigenvalue weighted by Crippen LogP contribution is -2.49. The predicted molar refractivity (Wildman–Crippen MR) is 87.5 cm³/mol. The first kappa shape index (κ1) is 13.9. The highest BCUT2D eigenvalue weighted by Crippen LogP contribution is 2.27. The number of rotatable bonds is 2. The summed E-state index contributed by atoms with van der Waals surface area (Å²) in [6.45, 7) is 5.33. The number of aryl methyl sites for hydroxylation is 2. The quantitative estimate of drug-likeness (QED) is 0.731. The average molecular weight is 306 g/mol. The summed E-state index contributed by atoms with van der Waals surface area (Å²) < 4.78 is 1.97. The van der Waals surface area contributed by atoms with Crippen molar-refractivity contribution in [3.8, 4) is 0 Å². The smallest absolute Gasteiger partial charge is 0.255 e. The van der Waals surface area contributed by atoms with Gasteiger partial charge in [0.05, 0.1) is 11.5 Å². The molecule has 0 unspecified atom stereocenters. The van der Waals surface area contributed by atoms with Crippen molar-refractivity contribution < 1.29 is 4.79 Å². The van der Waals surface area contributed by atoms with Gasteiger partial charge in [0.15, 0.2) is 0 Å². The van der Waals surface area contributed by atoms with Crippen LogP contribution in [-0.4, -0.2) is 38.3 Å². The lowest BCUT2D eigenvalue weighted by molar-refractivity contribution is 0.0594. The van der Waals surface area contributed by atoms with E-state index in [0.717, 1.165) is 28.3 Å². The summed E-state index contributed by atoms with van der Waals surface area (Å²) in [5, 5.41) is 0. The number of carbonyl (C=O) groups excluding carboxylic acids is 1. The number of carbonyl (C=O) groups is 1. The standard InChI is InChI=1S/C18H18N4O/c1-12-7-13(2)20-17(19-12)15-10-22(11-15)18(23)14-8-16-5-3-4-6-21(16)9-14/h3-9,15H,10-11H2,1-2H3. The number of amides is 1. The minimum atomic E-state index is 0.0781. The second kappa shape index (κ2) is 5.19. The van der Waals surface area contributed by atoms with Crippen LogP contribution >= 0.6 is 0 Å². The monoisotopic (exact) mass is 306 g/mol. The molecule has 1 aliphatic heterocycles. The molecule has 4 rings (SSSR count). The van der Waals surface area contributed by atoms with Gasteiger partial charge < -0.3 is 9.30 Å². The normalized spacial score (nSPS) is 15.0. The highest BCUT2D eigenvalue weighted by Gasteiger charge is 2.34. The van der Waals surface area contributed by atoms with Crippen molar-refractivity contribution in [2.24, 2.45) is 0 Å². The molecule has 0 radical (unpaired) electrons. The summed E-state index contributed by atoms with van der Waals surface area (Å²) in [5.74, 6) is 1.18. The van der Waals surface area contributed by atoms with Crippen molar-refractivity contribution in [2.75, 3.05) is 13.1 Å². The molecule has 5 nitrogen and oxygen atoms in total. The highest BCUT2D eigenvalue weighted by molar-refractivity contribution is 5.96. The van der Waals surface area contributed by atoms with Crippen molar-refractivity contribution in [3.63, 3.8) is 0 Å². The predicted octanol–water partition coefficient (Wildman–Crippen LogP) is 2.59. The van der Waals surface area contributed by atoms with Crippen LogP contribution in [0.3, 0.4) is 0 Å². The lowest BCUT2D eigenvalue weighted by Gasteiger charge is -2.38. The molecule has 0 aliphatic carbocycles. The van der Waals surface area contributed by atoms with E-state index in [9.17, 15) is 4.79 Å². The Morgan fingerprint density at radius 2 is 1.87 bits per heavy atom. The topological polar surface area (TPSA) is 50.5 Å². The van der Waals surface area contributed by atoms with Gasteiger partial charge in [-0.15, -0.1) is 0 Å². The van der Waals surface area contributed by atoms with Crippen LogP contribution in [0.2, 0.25) is 0 Å². The zero-order valence-corrected chi connectivity index (χ0v) is 13.2. The molecule has 0 aromatic carbocycles. The number of likely N-dealkylation sites (tertiary alicyclic amines) is 1. The van der Waals surface area contributed by atoms with Gasteiger partial charge >= 0.3 is 0 Å². The molecule has 116 valence electrons. The van der Waals surface area contributed by atoms with E-state index in [1.165, 1.54) is 0 Å². The van der Waals surface area contributed by atoms with Crippen LogP contribution in [-0.2, 0) is 0 Å². The van der Waals surface area contributed by atoms with Crippen molar-refractivity contribution in [3.05, 3.63) is 65.5 Å². The molecule has 3 aromatic rings. The summed E-state index contributed by atoms with van der Waals surface area (Å²) >= 11 is 0. The van der Waals surface area contributed by atoms with Gasteiger partial charge in [-0.25, -0.2) is 9.97 Å². The van der Waals surface area contributed by atoms with Crippen LogP contribution in [0, 0.1) is 13.8 Å². The molecule has 1 aliphatic rings. The number of pyridine rings is 1. The summed E-state index contributed by atoms with van der Waals surface area (Å²) in [7, 11) is 0. The molecule has 0 saturated carbocycles. The zero-order valence-electron chi connectivity index (χ0n) is 13.2. The Morgan fingerprint density at radius 3 is 2.57 bits per heavy atom. The third-order valence-electron chi connectivity index (χ3n) is 4.28. The van der Waals surface area contributed by atoms with Crippen molar-refractivity contribution in [1.29, 1.82) is 0 Å². The van der Waals surface area contributed by atoms with E-state index in [0.29, 0.717) is 13.1 Å². The van der Waals surface area contributed by atoms with Crippen LogP contribution in [0.5, 0.6) is 0 Å². The first-order valence-corrected chi connectivity index (χ1v) is 7.78. The maximum atomic E-state index is 12.6. The van der Waals surface area contributed by atoms with E-state index in [-0.39, 0.29) is 11.8 Å². The van der Waals surface area contributed by atoms with E-state index >= 15 is 0 Å². The molecule has 1 amide bonds. The van der Waals surface area contributed by atoms with Gasteiger partial charge in [0.1, 0.15) is 5.82 Å². The Balaban J connectivity index is 1.49. The van der Waals surface area contributed by atoms with Gasteiger partial charge in [-0.2, -0.15) is 0 Å². The molecule has 0 bridgehead atoms. The molecule has 5 heteroatoms. The van der Waals surface area contributed by atoms with Crippen LogP contribution in [0.15, 0.2) is 42.7 Å². The van der Waals surface area contributed by atoms with Crippen LogP contribution in [0.25, 0.3) is 5.52 Å². The molecule has 1 saturated heterocycles. The highest BCUT2D eigenvalue weighted by atomic mass is 16.2. The van der Waals surface area contributed by atoms with Crippen LogP contribution in [0.4, 0.5) is 0 Å². The maximum Gasteiger partial charge on any atom is 0.255 e. The van der Waals surface area contributed by atoms with Crippen LogP contribution < -0.4 is 0 Å². The summed E-state index contributed by atoms with van der Waals surface area (Å²) in [6.07, 6.45) is 3.84. The Hall–Kier alpha value is -2.69. The molecule has 0 atom stereocenters. The van der Waals surface area contributed by atoms with E-state index < -0.39 is 0 Å². The minimum absolute atomic E-state index is 0.0781. The fourth-order valence-corrected chi connectivity index (χ4v) is 3.10. The molecule has 1 fully saturated rings. The molecular weight excluding hydrogens is 288 g/mol.